The summed E-state index contributed by atoms with van der Waals surface area (Å²) in [6, 6.07) is 19.9. The van der Waals surface area contributed by atoms with Crippen LogP contribution in [0.5, 0.6) is 23.0 Å². The number of ether oxygens (including phenoxy) is 4. The van der Waals surface area contributed by atoms with Crippen LogP contribution in [0, 0.1) is 18.3 Å². The molecule has 2 aliphatic heterocycles. The van der Waals surface area contributed by atoms with Crippen molar-refractivity contribution in [3.05, 3.63) is 100 Å². The van der Waals surface area contributed by atoms with E-state index in [1.165, 1.54) is 6.20 Å². The van der Waals surface area contributed by atoms with Crippen molar-refractivity contribution in [2.45, 2.75) is 33.1 Å². The van der Waals surface area contributed by atoms with Crippen LogP contribution in [0.3, 0.4) is 0 Å². The van der Waals surface area contributed by atoms with Gasteiger partial charge < -0.3 is 24.1 Å². The molecule has 0 fully saturated rings. The number of carbonyl (C=O) groups is 1. The summed E-state index contributed by atoms with van der Waals surface area (Å²) in [7, 11) is 0. The van der Waals surface area contributed by atoms with Crippen LogP contribution in [0.4, 0.5) is 0 Å². The van der Waals surface area contributed by atoms with Crippen molar-refractivity contribution >= 4 is 5.97 Å². The normalized spacial score (nSPS) is 14.0. The maximum Gasteiger partial charge on any atom is 0.317 e. The summed E-state index contributed by atoms with van der Waals surface area (Å²) in [6.45, 7) is 4.81. The molecule has 0 unspecified atom stereocenters. The van der Waals surface area contributed by atoms with E-state index in [1.54, 1.807) is 12.3 Å². The van der Waals surface area contributed by atoms with Crippen molar-refractivity contribution in [1.82, 2.24) is 9.88 Å². The average molecular weight is 578 g/mol. The van der Waals surface area contributed by atoms with Crippen LogP contribution in [0.15, 0.2) is 67.0 Å². The average Bonchev–Trinajstić information content (AvgIpc) is 3.03. The van der Waals surface area contributed by atoms with Crippen molar-refractivity contribution in [3.8, 4) is 40.2 Å². The molecule has 0 bridgehead atoms. The maximum absolute atomic E-state index is 11.4. The molecule has 0 radical (unpaired) electrons. The zero-order valence-electron chi connectivity index (χ0n) is 23.8. The Labute approximate surface area is 249 Å². The molecule has 9 heteroatoms. The lowest BCUT2D eigenvalue weighted by Gasteiger charge is -2.29. The van der Waals surface area contributed by atoms with Gasteiger partial charge in [0.25, 0.3) is 0 Å². The number of rotatable bonds is 9. The van der Waals surface area contributed by atoms with Crippen molar-refractivity contribution in [1.29, 1.82) is 5.26 Å². The molecule has 0 saturated heterocycles. The summed E-state index contributed by atoms with van der Waals surface area (Å²) in [5, 5.41) is 18.6. The van der Waals surface area contributed by atoms with Gasteiger partial charge in [0, 0.05) is 42.7 Å². The van der Waals surface area contributed by atoms with E-state index in [-0.39, 0.29) is 13.2 Å². The van der Waals surface area contributed by atoms with Crippen LogP contribution in [0.25, 0.3) is 11.1 Å². The van der Waals surface area contributed by atoms with Crippen LogP contribution in [-0.2, 0) is 31.0 Å². The third-order valence-corrected chi connectivity index (χ3v) is 7.72. The van der Waals surface area contributed by atoms with Crippen LogP contribution in [0.2, 0.25) is 0 Å². The number of aliphatic carboxylic acids is 1. The van der Waals surface area contributed by atoms with Crippen LogP contribution < -0.4 is 18.9 Å². The number of hydrogen-bond donors (Lipinski definition) is 1. The van der Waals surface area contributed by atoms with Gasteiger partial charge in [0.1, 0.15) is 44.0 Å². The van der Waals surface area contributed by atoms with Gasteiger partial charge in [-0.2, -0.15) is 5.26 Å². The second-order valence-corrected chi connectivity index (χ2v) is 10.6. The summed E-state index contributed by atoms with van der Waals surface area (Å²) in [5.74, 6) is 1.95. The van der Waals surface area contributed by atoms with E-state index in [0.717, 1.165) is 50.4 Å². The third-order valence-electron chi connectivity index (χ3n) is 7.72. The minimum absolute atomic E-state index is 0.0317. The molecule has 2 aliphatic rings. The number of aromatic nitrogens is 1. The molecule has 3 heterocycles. The molecule has 0 saturated carbocycles. The second-order valence-electron chi connectivity index (χ2n) is 10.6. The Kier molecular flexibility index (Phi) is 8.11. The zero-order chi connectivity index (χ0) is 29.8. The van der Waals surface area contributed by atoms with Crippen LogP contribution in [0.1, 0.15) is 33.4 Å². The fourth-order valence-corrected chi connectivity index (χ4v) is 5.51. The lowest BCUT2D eigenvalue weighted by molar-refractivity contribution is -0.138. The number of carboxylic acid groups (broad SMARTS) is 1. The number of carboxylic acids is 1. The highest BCUT2D eigenvalue weighted by molar-refractivity contribution is 5.71. The van der Waals surface area contributed by atoms with Crippen molar-refractivity contribution in [2.24, 2.45) is 0 Å². The van der Waals surface area contributed by atoms with Gasteiger partial charge in [0.2, 0.25) is 0 Å². The SMILES string of the molecule is Cc1c(COc2cc(OCc3cncc(C#N)c3)cc3c2CN(CC(=O)O)CC3)cccc1-c1ccc2c(c1)OCCO2. The summed E-state index contributed by atoms with van der Waals surface area (Å²) < 4.78 is 24.1. The van der Waals surface area contributed by atoms with Crippen LogP contribution in [-0.4, -0.2) is 47.3 Å². The molecule has 0 aliphatic carbocycles. The highest BCUT2D eigenvalue weighted by Crippen LogP contribution is 2.37. The van der Waals surface area contributed by atoms with Gasteiger partial charge in [0.05, 0.1) is 12.1 Å². The van der Waals surface area contributed by atoms with E-state index in [1.807, 2.05) is 41.3 Å². The molecule has 6 rings (SSSR count). The lowest BCUT2D eigenvalue weighted by atomic mass is 9.96. The predicted octanol–water partition coefficient (Wildman–Crippen LogP) is 5.30. The van der Waals surface area contributed by atoms with Gasteiger partial charge in [-0.05, 0) is 65.4 Å². The van der Waals surface area contributed by atoms with Gasteiger partial charge in [-0.1, -0.05) is 24.3 Å². The van der Waals surface area contributed by atoms with Gasteiger partial charge in [0.15, 0.2) is 11.5 Å². The summed E-state index contributed by atoms with van der Waals surface area (Å²) in [5.41, 5.74) is 7.55. The minimum Gasteiger partial charge on any atom is -0.489 e. The Morgan fingerprint density at radius 3 is 2.74 bits per heavy atom. The summed E-state index contributed by atoms with van der Waals surface area (Å²) in [4.78, 5) is 17.5. The van der Waals surface area contributed by atoms with E-state index in [9.17, 15) is 15.2 Å². The summed E-state index contributed by atoms with van der Waals surface area (Å²) in [6.07, 6.45) is 3.88. The minimum atomic E-state index is -0.856. The first-order valence-corrected chi connectivity index (χ1v) is 14.1. The van der Waals surface area contributed by atoms with Crippen LogP contribution >= 0.6 is 0 Å². The molecule has 9 nitrogen and oxygen atoms in total. The molecular weight excluding hydrogens is 546 g/mol. The van der Waals surface area contributed by atoms with E-state index in [4.69, 9.17) is 18.9 Å². The Morgan fingerprint density at radius 2 is 1.91 bits per heavy atom. The first-order chi connectivity index (χ1) is 21.0. The molecule has 43 heavy (non-hydrogen) atoms. The molecule has 1 N–H and O–H groups in total. The van der Waals surface area contributed by atoms with Gasteiger partial charge in [-0.25, -0.2) is 0 Å². The molecule has 0 spiro atoms. The highest BCUT2D eigenvalue weighted by atomic mass is 16.6. The Hall–Kier alpha value is -5.07. The monoisotopic (exact) mass is 577 g/mol. The Morgan fingerprint density at radius 1 is 1.05 bits per heavy atom. The standard InChI is InChI=1S/C34H31N3O6/c1-22-27(3-2-4-29(22)25-5-6-31-33(13-25)41-10-9-40-31)21-43-32-14-28(42-20-24-11-23(15-35)16-36-17-24)12-26-7-8-37(18-30(26)32)19-34(38)39/h2-6,11-14,16-17H,7-10,18-21H2,1H3,(H,38,39). The number of benzene rings is 3. The number of nitriles is 1. The first-order valence-electron chi connectivity index (χ1n) is 14.1. The number of hydrogen-bond acceptors (Lipinski definition) is 8. The Balaban J connectivity index is 1.26. The topological polar surface area (TPSA) is 114 Å². The van der Waals surface area contributed by atoms with E-state index < -0.39 is 5.97 Å². The fourth-order valence-electron chi connectivity index (χ4n) is 5.51. The quantitative estimate of drug-likeness (QED) is 0.283. The van der Waals surface area contributed by atoms with E-state index >= 15 is 0 Å². The molecule has 0 amide bonds. The number of pyridine rings is 1. The highest BCUT2D eigenvalue weighted by Gasteiger charge is 2.23. The van der Waals surface area contributed by atoms with E-state index in [2.05, 4.69) is 30.1 Å². The largest absolute Gasteiger partial charge is 0.489 e. The molecule has 4 aromatic rings. The van der Waals surface area contributed by atoms with Gasteiger partial charge >= 0.3 is 5.97 Å². The fraction of sp³-hybridized carbons (Fsp3) is 0.265. The predicted molar refractivity (Wildman–Crippen MR) is 158 cm³/mol. The molecular formula is C34H31N3O6. The first kappa shape index (κ1) is 28.1. The Bertz CT molecular complexity index is 1710. The molecule has 218 valence electrons. The third kappa shape index (κ3) is 6.40. The van der Waals surface area contributed by atoms with Crippen molar-refractivity contribution < 1.29 is 28.8 Å². The number of fused-ring (bicyclic) bond motifs is 2. The lowest BCUT2D eigenvalue weighted by Crippen LogP contribution is -2.35. The van der Waals surface area contributed by atoms with Crippen molar-refractivity contribution in [2.75, 3.05) is 26.3 Å². The van der Waals surface area contributed by atoms with E-state index in [0.29, 0.717) is 56.4 Å². The zero-order valence-corrected chi connectivity index (χ0v) is 23.8. The number of nitrogens with zero attached hydrogens (tertiary/aromatic N) is 3. The molecule has 1 aromatic heterocycles. The van der Waals surface area contributed by atoms with Crippen molar-refractivity contribution in [3.63, 3.8) is 0 Å². The second kappa shape index (κ2) is 12.4. The van der Waals surface area contributed by atoms with Gasteiger partial charge in [-0.15, -0.1) is 0 Å². The summed E-state index contributed by atoms with van der Waals surface area (Å²) >= 11 is 0. The van der Waals surface area contributed by atoms with Gasteiger partial charge in [-0.3, -0.25) is 14.7 Å². The smallest absolute Gasteiger partial charge is 0.317 e. The maximum atomic E-state index is 11.4. The molecule has 3 aromatic carbocycles. The molecule has 0 atom stereocenters.